The summed E-state index contributed by atoms with van der Waals surface area (Å²) in [5.41, 5.74) is -0.224. The summed E-state index contributed by atoms with van der Waals surface area (Å²) in [6.07, 6.45) is -5.09. The molecule has 0 aliphatic carbocycles. The molecule has 1 aromatic carbocycles. The molecular weight excluding hydrogens is 364 g/mol. The van der Waals surface area contributed by atoms with Gasteiger partial charge in [-0.3, -0.25) is 0 Å². The van der Waals surface area contributed by atoms with Gasteiger partial charge in [-0.25, -0.2) is 4.39 Å². The van der Waals surface area contributed by atoms with Crippen molar-refractivity contribution in [2.75, 3.05) is 25.5 Å². The molecule has 0 radical (unpaired) electrons. The van der Waals surface area contributed by atoms with Crippen LogP contribution in [0.1, 0.15) is 17.5 Å². The number of aryl methyl sites for hydroxylation is 1. The van der Waals surface area contributed by atoms with Gasteiger partial charge >= 0.3 is 6.18 Å². The Morgan fingerprint density at radius 2 is 1.93 bits per heavy atom. The minimum atomic E-state index is -4.54. The molecule has 2 atom stereocenters. The number of hydrogen-bond donors (Lipinski definition) is 2. The van der Waals surface area contributed by atoms with E-state index in [1.54, 1.807) is 12.1 Å². The Labute approximate surface area is 154 Å². The van der Waals surface area contributed by atoms with Crippen LogP contribution in [0.3, 0.4) is 0 Å². The Bertz CT molecular complexity index is 777. The summed E-state index contributed by atoms with van der Waals surface area (Å²) in [6, 6.07) is 4.70. The Hall–Kier alpha value is -2.42. The molecule has 1 aliphatic rings. The Balaban J connectivity index is 1.79. The number of phenols is 1. The monoisotopic (exact) mass is 384 g/mol. The second-order valence-corrected chi connectivity index (χ2v) is 6.88. The SMILES string of the molecule is Cc1cc(C(F)(F)F)cc(O)c1-c1ccc(NC2CC(F)CN(C)C2)nn1. The van der Waals surface area contributed by atoms with Crippen molar-refractivity contribution < 1.29 is 22.7 Å². The van der Waals surface area contributed by atoms with Crippen molar-refractivity contribution in [3.63, 3.8) is 0 Å². The van der Waals surface area contributed by atoms with Gasteiger partial charge in [-0.1, -0.05) is 0 Å². The third-order valence-electron chi connectivity index (χ3n) is 4.50. The van der Waals surface area contributed by atoms with Crippen LogP contribution in [0.25, 0.3) is 11.3 Å². The van der Waals surface area contributed by atoms with Gasteiger partial charge in [0.05, 0.1) is 11.3 Å². The molecule has 2 heterocycles. The molecule has 146 valence electrons. The smallest absolute Gasteiger partial charge is 0.416 e. The van der Waals surface area contributed by atoms with Crippen LogP contribution in [0, 0.1) is 6.92 Å². The lowest BCUT2D eigenvalue weighted by molar-refractivity contribution is -0.137. The number of halogens is 4. The first-order valence-electron chi connectivity index (χ1n) is 8.47. The van der Waals surface area contributed by atoms with Gasteiger partial charge in [0, 0.05) is 31.1 Å². The van der Waals surface area contributed by atoms with Crippen molar-refractivity contribution in [2.24, 2.45) is 0 Å². The van der Waals surface area contributed by atoms with Crippen LogP contribution < -0.4 is 5.32 Å². The zero-order valence-electron chi connectivity index (χ0n) is 14.9. The maximum absolute atomic E-state index is 13.7. The quantitative estimate of drug-likeness (QED) is 0.792. The lowest BCUT2D eigenvalue weighted by Crippen LogP contribution is -2.45. The van der Waals surface area contributed by atoms with Crippen molar-refractivity contribution in [1.29, 1.82) is 0 Å². The average Bonchev–Trinajstić information content (AvgIpc) is 2.54. The summed E-state index contributed by atoms with van der Waals surface area (Å²) in [5.74, 6) is -0.0678. The normalized spacial score (nSPS) is 21.3. The molecule has 0 bridgehead atoms. The number of nitrogens with one attached hydrogen (secondary N) is 1. The molecule has 1 aromatic heterocycles. The van der Waals surface area contributed by atoms with Crippen molar-refractivity contribution in [3.8, 4) is 17.0 Å². The average molecular weight is 384 g/mol. The molecule has 9 heteroatoms. The zero-order chi connectivity index (χ0) is 19.8. The second-order valence-electron chi connectivity index (χ2n) is 6.88. The van der Waals surface area contributed by atoms with E-state index in [0.29, 0.717) is 31.4 Å². The van der Waals surface area contributed by atoms with E-state index in [2.05, 4.69) is 15.5 Å². The van der Waals surface area contributed by atoms with Crippen LogP contribution in [0.2, 0.25) is 0 Å². The number of piperidine rings is 1. The predicted octanol–water partition coefficient (Wildman–Crippen LogP) is 3.63. The van der Waals surface area contributed by atoms with Gasteiger partial charge < -0.3 is 15.3 Å². The lowest BCUT2D eigenvalue weighted by atomic mass is 10.0. The van der Waals surface area contributed by atoms with E-state index in [0.717, 1.165) is 6.07 Å². The Morgan fingerprint density at radius 1 is 1.19 bits per heavy atom. The van der Waals surface area contributed by atoms with E-state index in [1.165, 1.54) is 6.92 Å². The summed E-state index contributed by atoms with van der Waals surface area (Å²) >= 11 is 0. The van der Waals surface area contributed by atoms with Gasteiger partial charge in [0.1, 0.15) is 17.7 Å². The van der Waals surface area contributed by atoms with Crippen molar-refractivity contribution in [2.45, 2.75) is 31.7 Å². The highest BCUT2D eigenvalue weighted by Gasteiger charge is 2.32. The number of alkyl halides is 4. The van der Waals surface area contributed by atoms with Gasteiger partial charge in [0.25, 0.3) is 0 Å². The molecule has 2 N–H and O–H groups in total. The maximum atomic E-state index is 13.7. The standard InChI is InChI=1S/C18H20F4N4O/c1-10-5-11(18(20,21)22)6-15(27)17(10)14-3-4-16(25-24-14)23-13-7-12(19)8-26(2)9-13/h3-6,12-13,27H,7-9H2,1-2H3,(H,23,25). The number of likely N-dealkylation sites (N-methyl/N-ethyl adjacent to an activating group) is 1. The van der Waals surface area contributed by atoms with Crippen LogP contribution in [0.4, 0.5) is 23.4 Å². The van der Waals surface area contributed by atoms with E-state index in [-0.39, 0.29) is 22.9 Å². The van der Waals surface area contributed by atoms with E-state index < -0.39 is 23.7 Å². The van der Waals surface area contributed by atoms with Gasteiger partial charge in [-0.2, -0.15) is 13.2 Å². The number of aromatic hydroxyl groups is 1. The van der Waals surface area contributed by atoms with Crippen molar-refractivity contribution in [3.05, 3.63) is 35.4 Å². The fraction of sp³-hybridized carbons (Fsp3) is 0.444. The minimum Gasteiger partial charge on any atom is -0.507 e. The largest absolute Gasteiger partial charge is 0.507 e. The second kappa shape index (κ2) is 7.30. The number of nitrogens with zero attached hydrogens (tertiary/aromatic N) is 3. The first kappa shape index (κ1) is 19.3. The van der Waals surface area contributed by atoms with Crippen molar-refractivity contribution >= 4 is 5.82 Å². The zero-order valence-corrected chi connectivity index (χ0v) is 14.9. The molecule has 2 aromatic rings. The molecule has 5 nitrogen and oxygen atoms in total. The van der Waals surface area contributed by atoms with E-state index >= 15 is 0 Å². The van der Waals surface area contributed by atoms with E-state index in [9.17, 15) is 22.7 Å². The third-order valence-corrected chi connectivity index (χ3v) is 4.50. The molecular formula is C18H20F4N4O. The fourth-order valence-electron chi connectivity index (χ4n) is 3.37. The summed E-state index contributed by atoms with van der Waals surface area (Å²) in [6.45, 7) is 2.54. The van der Waals surface area contributed by atoms with Crippen molar-refractivity contribution in [1.82, 2.24) is 15.1 Å². The van der Waals surface area contributed by atoms with Crippen LogP contribution in [-0.2, 0) is 6.18 Å². The predicted molar refractivity (Wildman–Crippen MR) is 93.3 cm³/mol. The fourth-order valence-corrected chi connectivity index (χ4v) is 3.37. The Kier molecular flexibility index (Phi) is 5.23. The Morgan fingerprint density at radius 3 is 2.48 bits per heavy atom. The first-order chi connectivity index (χ1) is 12.6. The van der Waals surface area contributed by atoms with Crippen LogP contribution in [0.15, 0.2) is 24.3 Å². The summed E-state index contributed by atoms with van der Waals surface area (Å²) in [4.78, 5) is 1.89. The highest BCUT2D eigenvalue weighted by molar-refractivity contribution is 5.71. The van der Waals surface area contributed by atoms with Gasteiger partial charge in [-0.15, -0.1) is 10.2 Å². The molecule has 1 fully saturated rings. The number of rotatable bonds is 3. The summed E-state index contributed by atoms with van der Waals surface area (Å²) in [7, 11) is 1.84. The number of likely N-dealkylation sites (tertiary alicyclic amines) is 1. The number of hydrogen-bond acceptors (Lipinski definition) is 5. The summed E-state index contributed by atoms with van der Waals surface area (Å²) in [5, 5.41) is 21.2. The molecule has 2 unspecified atom stereocenters. The third kappa shape index (κ3) is 4.47. The van der Waals surface area contributed by atoms with Gasteiger partial charge in [0.2, 0.25) is 0 Å². The van der Waals surface area contributed by atoms with Gasteiger partial charge in [0.15, 0.2) is 0 Å². The van der Waals surface area contributed by atoms with Crippen LogP contribution >= 0.6 is 0 Å². The lowest BCUT2D eigenvalue weighted by Gasteiger charge is -2.32. The van der Waals surface area contributed by atoms with Crippen LogP contribution in [0.5, 0.6) is 5.75 Å². The highest BCUT2D eigenvalue weighted by Crippen LogP contribution is 2.38. The highest BCUT2D eigenvalue weighted by atomic mass is 19.4. The maximum Gasteiger partial charge on any atom is 0.416 e. The first-order valence-corrected chi connectivity index (χ1v) is 8.47. The molecule has 0 saturated carbocycles. The minimum absolute atomic E-state index is 0.111. The van der Waals surface area contributed by atoms with Gasteiger partial charge in [-0.05, 0) is 43.8 Å². The number of anilines is 1. The topological polar surface area (TPSA) is 61.3 Å². The van der Waals surface area contributed by atoms with E-state index in [1.807, 2.05) is 11.9 Å². The molecule has 3 rings (SSSR count). The molecule has 0 spiro atoms. The molecule has 1 aliphatic heterocycles. The molecule has 0 amide bonds. The number of aromatic nitrogens is 2. The number of benzene rings is 1. The summed E-state index contributed by atoms with van der Waals surface area (Å²) < 4.78 is 52.2. The number of phenolic OH excluding ortho intramolecular Hbond substituents is 1. The molecule has 27 heavy (non-hydrogen) atoms. The van der Waals surface area contributed by atoms with E-state index in [4.69, 9.17) is 0 Å². The van der Waals surface area contributed by atoms with Crippen LogP contribution in [-0.4, -0.2) is 52.6 Å². The molecule has 1 saturated heterocycles.